The topological polar surface area (TPSA) is 64.4 Å². The lowest BCUT2D eigenvalue weighted by Crippen LogP contribution is -2.43. The van der Waals surface area contributed by atoms with Gasteiger partial charge >= 0.3 is 0 Å². The molecule has 2 amide bonds. The summed E-state index contributed by atoms with van der Waals surface area (Å²) in [5.41, 5.74) is 2.92. The van der Waals surface area contributed by atoms with Crippen LogP contribution >= 0.6 is 0 Å². The molecule has 1 aliphatic rings. The quantitative estimate of drug-likeness (QED) is 0.542. The van der Waals surface area contributed by atoms with Gasteiger partial charge in [-0.1, -0.05) is 25.5 Å². The molecule has 1 aromatic carbocycles. The molecule has 0 aromatic heterocycles. The molecule has 0 radical (unpaired) electrons. The van der Waals surface area contributed by atoms with E-state index in [-0.39, 0.29) is 11.5 Å². The van der Waals surface area contributed by atoms with Crippen LogP contribution in [-0.4, -0.2) is 36.3 Å². The van der Waals surface area contributed by atoms with Gasteiger partial charge in [-0.05, 0) is 56.5 Å². The number of unbranched alkanes of at least 4 members (excludes halogenated alkanes) is 1. The van der Waals surface area contributed by atoms with Gasteiger partial charge in [-0.3, -0.25) is 14.5 Å². The summed E-state index contributed by atoms with van der Waals surface area (Å²) in [5.74, 6) is -0.805. The number of imide groups is 1. The second-order valence-corrected chi connectivity index (χ2v) is 6.55. The number of carbonyl (C=O) groups excluding carboxylic acids is 2. The summed E-state index contributed by atoms with van der Waals surface area (Å²) in [7, 11) is 0. The van der Waals surface area contributed by atoms with Gasteiger partial charge in [0.1, 0.15) is 11.6 Å². The third kappa shape index (κ3) is 4.28. The van der Waals surface area contributed by atoms with Gasteiger partial charge in [0.2, 0.25) is 0 Å². The van der Waals surface area contributed by atoms with E-state index in [4.69, 9.17) is 0 Å². The molecule has 0 N–H and O–H groups in total. The first-order valence-electron chi connectivity index (χ1n) is 9.52. The molecule has 0 saturated carbocycles. The van der Waals surface area contributed by atoms with Gasteiger partial charge in [-0.15, -0.1) is 0 Å². The highest BCUT2D eigenvalue weighted by Crippen LogP contribution is 2.27. The zero-order valence-electron chi connectivity index (χ0n) is 16.6. The van der Waals surface area contributed by atoms with E-state index < -0.39 is 5.91 Å². The summed E-state index contributed by atoms with van der Waals surface area (Å²) in [6, 6.07) is 9.94. The first-order chi connectivity index (χ1) is 13.0. The van der Waals surface area contributed by atoms with Crippen LogP contribution in [0.25, 0.3) is 6.08 Å². The highest BCUT2D eigenvalue weighted by Gasteiger charge is 2.34. The fraction of sp³-hybridized carbons (Fsp3) is 0.409. The molecule has 0 fully saturated rings. The SMILES string of the molecule is CCCCN1C(=O)C(C#N)=C(C)/C(=C\c2ccc(N(CC)CC)cc2)C1=O. The third-order valence-electron chi connectivity index (χ3n) is 4.89. The maximum Gasteiger partial charge on any atom is 0.271 e. The lowest BCUT2D eigenvalue weighted by atomic mass is 9.93. The van der Waals surface area contributed by atoms with Crippen LogP contribution in [0.5, 0.6) is 0 Å². The standard InChI is InChI=1S/C22H27N3O2/c1-5-8-13-25-21(26)19(16(4)20(15-23)22(25)27)14-17-9-11-18(12-10-17)24(6-2)7-3/h9-12,14H,5-8,13H2,1-4H3/b19-14+. The predicted molar refractivity (Wildman–Crippen MR) is 108 cm³/mol. The lowest BCUT2D eigenvalue weighted by Gasteiger charge is -2.27. The molecule has 0 saturated heterocycles. The highest BCUT2D eigenvalue weighted by atomic mass is 16.2. The second-order valence-electron chi connectivity index (χ2n) is 6.55. The van der Waals surface area contributed by atoms with E-state index in [0.29, 0.717) is 17.7 Å². The van der Waals surface area contributed by atoms with Crippen molar-refractivity contribution in [1.29, 1.82) is 5.26 Å². The maximum absolute atomic E-state index is 12.9. The number of rotatable bonds is 7. The fourth-order valence-electron chi connectivity index (χ4n) is 3.19. The number of nitrogens with zero attached hydrogens (tertiary/aromatic N) is 3. The van der Waals surface area contributed by atoms with E-state index in [2.05, 4.69) is 18.7 Å². The van der Waals surface area contributed by atoms with Crippen molar-refractivity contribution in [2.24, 2.45) is 0 Å². The molecule has 1 heterocycles. The van der Waals surface area contributed by atoms with Crippen molar-refractivity contribution in [2.75, 3.05) is 24.5 Å². The average molecular weight is 365 g/mol. The Morgan fingerprint density at radius 2 is 1.70 bits per heavy atom. The van der Waals surface area contributed by atoms with E-state index in [0.717, 1.165) is 37.2 Å². The average Bonchev–Trinajstić information content (AvgIpc) is 2.67. The Morgan fingerprint density at radius 3 is 2.22 bits per heavy atom. The van der Waals surface area contributed by atoms with Gasteiger partial charge in [-0.25, -0.2) is 0 Å². The van der Waals surface area contributed by atoms with Gasteiger partial charge in [0.15, 0.2) is 0 Å². The van der Waals surface area contributed by atoms with Gasteiger partial charge in [0.25, 0.3) is 11.8 Å². The Kier molecular flexibility index (Phi) is 6.95. The first-order valence-corrected chi connectivity index (χ1v) is 9.52. The molecule has 1 aromatic rings. The molecule has 5 heteroatoms. The smallest absolute Gasteiger partial charge is 0.271 e. The Hall–Kier alpha value is -2.87. The van der Waals surface area contributed by atoms with Crippen molar-refractivity contribution in [3.8, 4) is 6.07 Å². The van der Waals surface area contributed by atoms with Crippen molar-refractivity contribution in [3.63, 3.8) is 0 Å². The number of hydrogen-bond donors (Lipinski definition) is 0. The van der Waals surface area contributed by atoms with Gasteiger partial charge < -0.3 is 4.90 Å². The van der Waals surface area contributed by atoms with Crippen LogP contribution in [0, 0.1) is 11.3 Å². The van der Waals surface area contributed by atoms with Crippen molar-refractivity contribution in [2.45, 2.75) is 40.5 Å². The van der Waals surface area contributed by atoms with Crippen LogP contribution in [0.1, 0.15) is 46.1 Å². The Morgan fingerprint density at radius 1 is 1.07 bits per heavy atom. The Bertz CT molecular complexity index is 809. The molecular weight excluding hydrogens is 338 g/mol. The molecule has 2 rings (SSSR count). The van der Waals surface area contributed by atoms with Gasteiger partial charge in [0.05, 0.1) is 0 Å². The number of benzene rings is 1. The zero-order chi connectivity index (χ0) is 20.0. The molecule has 1 aliphatic heterocycles. The lowest BCUT2D eigenvalue weighted by molar-refractivity contribution is -0.140. The molecule has 142 valence electrons. The van der Waals surface area contributed by atoms with Crippen molar-refractivity contribution < 1.29 is 9.59 Å². The van der Waals surface area contributed by atoms with E-state index in [1.54, 1.807) is 13.0 Å². The zero-order valence-corrected chi connectivity index (χ0v) is 16.6. The van der Waals surface area contributed by atoms with Crippen LogP contribution in [0.4, 0.5) is 5.69 Å². The number of carbonyl (C=O) groups is 2. The molecular formula is C22H27N3O2. The molecule has 0 unspecified atom stereocenters. The minimum absolute atomic E-state index is 0.0525. The highest BCUT2D eigenvalue weighted by molar-refractivity contribution is 6.19. The summed E-state index contributed by atoms with van der Waals surface area (Å²) < 4.78 is 0. The maximum atomic E-state index is 12.9. The first kappa shape index (κ1) is 20.4. The van der Waals surface area contributed by atoms with Crippen LogP contribution in [0.3, 0.4) is 0 Å². The normalized spacial score (nSPS) is 16.1. The summed E-state index contributed by atoms with van der Waals surface area (Å²) >= 11 is 0. The van der Waals surface area contributed by atoms with Crippen LogP contribution in [0.15, 0.2) is 41.0 Å². The minimum Gasteiger partial charge on any atom is -0.372 e. The van der Waals surface area contributed by atoms with E-state index in [1.807, 2.05) is 37.3 Å². The molecule has 0 aliphatic carbocycles. The minimum atomic E-state index is -0.484. The monoisotopic (exact) mass is 365 g/mol. The fourth-order valence-corrected chi connectivity index (χ4v) is 3.19. The van der Waals surface area contributed by atoms with Crippen LogP contribution in [-0.2, 0) is 9.59 Å². The number of anilines is 1. The summed E-state index contributed by atoms with van der Waals surface area (Å²) in [6.07, 6.45) is 3.36. The van der Waals surface area contributed by atoms with E-state index in [1.165, 1.54) is 4.90 Å². The van der Waals surface area contributed by atoms with E-state index in [9.17, 15) is 14.9 Å². The molecule has 0 spiro atoms. The summed E-state index contributed by atoms with van der Waals surface area (Å²) in [5, 5.41) is 9.40. The van der Waals surface area contributed by atoms with Crippen molar-refractivity contribution >= 4 is 23.6 Å². The van der Waals surface area contributed by atoms with Crippen LogP contribution in [0.2, 0.25) is 0 Å². The van der Waals surface area contributed by atoms with Gasteiger partial charge in [-0.2, -0.15) is 5.26 Å². The van der Waals surface area contributed by atoms with Crippen molar-refractivity contribution in [3.05, 3.63) is 46.5 Å². The van der Waals surface area contributed by atoms with Gasteiger partial charge in [0, 0.05) is 30.9 Å². The number of nitriles is 1. The summed E-state index contributed by atoms with van der Waals surface area (Å²) in [4.78, 5) is 28.8. The predicted octanol–water partition coefficient (Wildman–Crippen LogP) is 3.93. The van der Waals surface area contributed by atoms with Crippen LogP contribution < -0.4 is 4.90 Å². The third-order valence-corrected chi connectivity index (χ3v) is 4.89. The number of hydrogen-bond acceptors (Lipinski definition) is 4. The second kappa shape index (κ2) is 9.18. The Balaban J connectivity index is 2.42. The largest absolute Gasteiger partial charge is 0.372 e. The summed E-state index contributed by atoms with van der Waals surface area (Å²) in [6.45, 7) is 10.1. The molecule has 5 nitrogen and oxygen atoms in total. The van der Waals surface area contributed by atoms with E-state index >= 15 is 0 Å². The Labute approximate surface area is 161 Å². The molecule has 0 atom stereocenters. The molecule has 0 bridgehead atoms. The molecule has 27 heavy (non-hydrogen) atoms. The number of amides is 2. The van der Waals surface area contributed by atoms with Crippen molar-refractivity contribution in [1.82, 2.24) is 4.90 Å².